The van der Waals surface area contributed by atoms with Crippen LogP contribution in [0, 0.1) is 5.92 Å². The van der Waals surface area contributed by atoms with E-state index in [4.69, 9.17) is 9.47 Å². The first kappa shape index (κ1) is 32.1. The Morgan fingerprint density at radius 1 is 0.575 bits per heavy atom. The molecule has 0 aliphatic carbocycles. The highest BCUT2D eigenvalue weighted by atomic mass is 17.5. The molecule has 2 rings (SSSR count). The molecule has 0 aliphatic rings. The fraction of sp³-hybridized carbons (Fsp3) is 0.429. The first-order chi connectivity index (χ1) is 18.7. The van der Waals surface area contributed by atoms with E-state index in [1.54, 1.807) is 55.5 Å². The number of ether oxygens (including phenoxy) is 2. The quantitative estimate of drug-likeness (QED) is 0.192. The summed E-state index contributed by atoms with van der Waals surface area (Å²) >= 11 is 0. The van der Waals surface area contributed by atoms with Crippen molar-refractivity contribution >= 4 is 24.2 Å². The number of carbonyl (C=O) groups is 4. The zero-order valence-electron chi connectivity index (χ0n) is 23.5. The van der Waals surface area contributed by atoms with Gasteiger partial charge < -0.3 is 9.47 Å². The Morgan fingerprint density at radius 3 is 1.20 bits per heavy atom. The molecule has 0 aromatic heterocycles. The minimum absolute atomic E-state index is 0.0866. The van der Waals surface area contributed by atoms with Gasteiger partial charge >= 0.3 is 24.2 Å². The van der Waals surface area contributed by atoms with E-state index in [0.29, 0.717) is 0 Å². The lowest BCUT2D eigenvalue weighted by atomic mass is 9.87. The summed E-state index contributed by atoms with van der Waals surface area (Å²) in [7, 11) is 0. The summed E-state index contributed by atoms with van der Waals surface area (Å²) in [5.41, 5.74) is 2.25. The molecule has 12 heteroatoms. The van der Waals surface area contributed by atoms with Crippen LogP contribution in [-0.4, -0.2) is 37.5 Å². The van der Waals surface area contributed by atoms with E-state index in [1.165, 1.54) is 0 Å². The van der Waals surface area contributed by atoms with E-state index < -0.39 is 30.2 Å². The van der Waals surface area contributed by atoms with E-state index in [2.05, 4.69) is 29.6 Å². The SMILES string of the molecule is CC(COC(=O)OOOC(=O)c1ccc(C(C)(C)C)cc1)COC(=O)OOOC(=O)c1ccc(C(C)(C)C)cc1. The number of hydrogen-bond donors (Lipinski definition) is 0. The van der Waals surface area contributed by atoms with Gasteiger partial charge in [-0.15, -0.1) is 0 Å². The van der Waals surface area contributed by atoms with E-state index in [-0.39, 0.29) is 35.2 Å². The lowest BCUT2D eigenvalue weighted by molar-refractivity contribution is -0.452. The molecule has 0 saturated heterocycles. The highest BCUT2D eigenvalue weighted by molar-refractivity contribution is 5.89. The van der Waals surface area contributed by atoms with E-state index in [0.717, 1.165) is 11.1 Å². The average molecular weight is 563 g/mol. The number of hydrogen-bond acceptors (Lipinski definition) is 12. The van der Waals surface area contributed by atoms with Crippen LogP contribution in [0.5, 0.6) is 0 Å². The molecule has 2 aromatic rings. The van der Waals surface area contributed by atoms with Crippen LogP contribution in [0.15, 0.2) is 48.5 Å². The summed E-state index contributed by atoms with van der Waals surface area (Å²) in [4.78, 5) is 64.3. The summed E-state index contributed by atoms with van der Waals surface area (Å²) in [6.07, 6.45) is -2.59. The Hall–Kier alpha value is -4.16. The zero-order valence-corrected chi connectivity index (χ0v) is 23.5. The van der Waals surface area contributed by atoms with Gasteiger partial charge in [-0.25, -0.2) is 29.0 Å². The van der Waals surface area contributed by atoms with Crippen LogP contribution in [0.3, 0.4) is 0 Å². The Morgan fingerprint density at radius 2 is 0.900 bits per heavy atom. The van der Waals surface area contributed by atoms with Gasteiger partial charge in [0.2, 0.25) is 0 Å². The number of carbonyl (C=O) groups excluding carboxylic acids is 4. The van der Waals surface area contributed by atoms with Crippen LogP contribution in [0.2, 0.25) is 0 Å². The van der Waals surface area contributed by atoms with E-state index in [9.17, 15) is 19.2 Å². The highest BCUT2D eigenvalue weighted by Crippen LogP contribution is 2.23. The monoisotopic (exact) mass is 562 g/mol. The van der Waals surface area contributed by atoms with Gasteiger partial charge in [0.25, 0.3) is 0 Å². The standard InChI is InChI=1S/C28H34O12/c1-18(16-33-25(31)37-39-35-23(29)19-8-12-21(13-9-19)27(2,3)4)17-34-26(32)38-40-36-24(30)20-10-14-22(15-11-20)28(5,6)7/h8-15,18H,16-17H2,1-7H3. The zero-order chi connectivity index (χ0) is 29.9. The van der Waals surface area contributed by atoms with Gasteiger partial charge in [0.05, 0.1) is 21.2 Å². The largest absolute Gasteiger partial charge is 0.543 e. The smallest absolute Gasteiger partial charge is 0.432 e. The number of rotatable bonds is 10. The molecule has 218 valence electrons. The van der Waals surface area contributed by atoms with Gasteiger partial charge in [0.15, 0.2) is 0 Å². The van der Waals surface area contributed by atoms with Crippen molar-refractivity contribution in [3.05, 3.63) is 70.8 Å². The molecule has 0 aliphatic heterocycles. The van der Waals surface area contributed by atoms with Crippen molar-refractivity contribution in [2.45, 2.75) is 59.3 Å². The normalized spacial score (nSPS) is 11.4. The minimum Gasteiger partial charge on any atom is -0.432 e. The summed E-state index contributed by atoms with van der Waals surface area (Å²) in [6.45, 7) is 13.3. The van der Waals surface area contributed by atoms with Crippen molar-refractivity contribution in [2.75, 3.05) is 13.2 Å². The van der Waals surface area contributed by atoms with Gasteiger partial charge in [-0.2, -0.15) is 0 Å². The molecule has 12 nitrogen and oxygen atoms in total. The molecule has 0 spiro atoms. The predicted molar refractivity (Wildman–Crippen MR) is 137 cm³/mol. The fourth-order valence-electron chi connectivity index (χ4n) is 2.98. The highest BCUT2D eigenvalue weighted by Gasteiger charge is 2.19. The maximum absolute atomic E-state index is 12.0. The van der Waals surface area contributed by atoms with Crippen molar-refractivity contribution in [1.29, 1.82) is 0 Å². The Bertz CT molecular complexity index is 1050. The third kappa shape index (κ3) is 10.9. The van der Waals surface area contributed by atoms with Gasteiger partial charge in [-0.1, -0.05) is 72.7 Å². The minimum atomic E-state index is -1.30. The summed E-state index contributed by atoms with van der Waals surface area (Å²) < 4.78 is 9.52. The molecule has 0 atom stereocenters. The molecule has 0 unspecified atom stereocenters. The number of benzene rings is 2. The second-order valence-electron chi connectivity index (χ2n) is 10.9. The third-order valence-electron chi connectivity index (χ3n) is 5.37. The molecular formula is C28H34O12. The molecule has 0 radical (unpaired) electrons. The second kappa shape index (κ2) is 14.3. The van der Waals surface area contributed by atoms with Gasteiger partial charge in [-0.05, 0) is 46.2 Å². The van der Waals surface area contributed by atoms with Crippen molar-refractivity contribution in [1.82, 2.24) is 0 Å². The molecule has 0 fully saturated rings. The van der Waals surface area contributed by atoms with E-state index >= 15 is 0 Å². The first-order valence-electron chi connectivity index (χ1n) is 12.3. The van der Waals surface area contributed by atoms with E-state index in [1.807, 2.05) is 41.5 Å². The Labute approximate surface area is 232 Å². The molecule has 0 N–H and O–H groups in total. The summed E-state index contributed by atoms with van der Waals surface area (Å²) in [5.74, 6) is -2.26. The fourth-order valence-corrected chi connectivity index (χ4v) is 2.98. The van der Waals surface area contributed by atoms with Crippen LogP contribution in [-0.2, 0) is 49.9 Å². The van der Waals surface area contributed by atoms with Crippen LogP contribution in [0.1, 0.15) is 80.3 Å². The molecule has 0 heterocycles. The van der Waals surface area contributed by atoms with Crippen LogP contribution < -0.4 is 0 Å². The van der Waals surface area contributed by atoms with Crippen LogP contribution in [0.25, 0.3) is 0 Å². The molecule has 0 saturated carbocycles. The first-order valence-corrected chi connectivity index (χ1v) is 12.3. The Kier molecular flexibility index (Phi) is 11.5. The van der Waals surface area contributed by atoms with Crippen molar-refractivity contribution < 1.29 is 58.3 Å². The lowest BCUT2D eigenvalue weighted by Crippen LogP contribution is -2.20. The van der Waals surface area contributed by atoms with Crippen LogP contribution in [0.4, 0.5) is 9.59 Å². The van der Waals surface area contributed by atoms with Gasteiger partial charge in [0.1, 0.15) is 13.2 Å². The molecular weight excluding hydrogens is 528 g/mol. The van der Waals surface area contributed by atoms with Crippen molar-refractivity contribution in [3.63, 3.8) is 0 Å². The van der Waals surface area contributed by atoms with Gasteiger partial charge in [-0.3, -0.25) is 9.78 Å². The van der Waals surface area contributed by atoms with Crippen molar-refractivity contribution in [3.8, 4) is 0 Å². The molecule has 40 heavy (non-hydrogen) atoms. The van der Waals surface area contributed by atoms with Gasteiger partial charge in [0, 0.05) is 5.92 Å². The topological polar surface area (TPSA) is 142 Å². The maximum atomic E-state index is 12.0. The molecule has 0 amide bonds. The average Bonchev–Trinajstić information content (AvgIpc) is 2.89. The van der Waals surface area contributed by atoms with Crippen LogP contribution >= 0.6 is 0 Å². The third-order valence-corrected chi connectivity index (χ3v) is 5.37. The van der Waals surface area contributed by atoms with Crippen molar-refractivity contribution in [2.24, 2.45) is 5.92 Å². The second-order valence-corrected chi connectivity index (χ2v) is 10.9. The molecule has 2 aromatic carbocycles. The summed E-state index contributed by atoms with van der Waals surface area (Å²) in [5, 5.41) is 8.34. The Balaban J connectivity index is 1.58. The maximum Gasteiger partial charge on any atom is 0.543 e. The molecule has 0 bridgehead atoms. The lowest BCUT2D eigenvalue weighted by Gasteiger charge is -2.18. The summed E-state index contributed by atoms with van der Waals surface area (Å²) in [6, 6.07) is 13.3. The predicted octanol–water partition coefficient (Wildman–Crippen LogP) is 5.93.